The average molecular weight is 308 g/mol. The van der Waals surface area contributed by atoms with E-state index in [-0.39, 0.29) is 23.7 Å². The van der Waals surface area contributed by atoms with Crippen LogP contribution in [-0.2, 0) is 14.3 Å². The molecule has 0 aliphatic carbocycles. The molecule has 1 N–H and O–H groups in total. The number of nitrogens with zero attached hydrogens (tertiary/aromatic N) is 1. The van der Waals surface area contributed by atoms with Crippen molar-refractivity contribution in [2.45, 2.75) is 17.1 Å². The molecule has 0 aromatic heterocycles. The van der Waals surface area contributed by atoms with Crippen molar-refractivity contribution in [1.82, 2.24) is 4.90 Å². The summed E-state index contributed by atoms with van der Waals surface area (Å²) in [5.41, 5.74) is 0.896. The molecule has 1 atom stereocenters. The second-order valence-corrected chi connectivity index (χ2v) is 6.21. The molecule has 1 aliphatic heterocycles. The third-order valence-corrected chi connectivity index (χ3v) is 4.15. The first-order valence-electron chi connectivity index (χ1n) is 6.37. The highest BCUT2D eigenvalue weighted by molar-refractivity contribution is 8.00. The molecule has 0 fully saturated rings. The number of carbonyl (C=O) groups excluding carboxylic acids is 3. The predicted octanol–water partition coefficient (Wildman–Crippen LogP) is 1.36. The zero-order valence-corrected chi connectivity index (χ0v) is 12.8. The van der Waals surface area contributed by atoms with Gasteiger partial charge in [0.1, 0.15) is 0 Å². The molecule has 1 aromatic carbocycles. The quantitative estimate of drug-likeness (QED) is 0.853. The molecule has 7 heteroatoms. The molecule has 0 spiro atoms. The Kier molecular flexibility index (Phi) is 4.52. The molecule has 2 rings (SSSR count). The maximum Gasteiger partial charge on any atom is 0.338 e. The highest BCUT2D eigenvalue weighted by Gasteiger charge is 2.24. The third-order valence-electron chi connectivity index (χ3n) is 2.97. The maximum absolute atomic E-state index is 11.9. The SMILES string of the molecule is CC1Sc2ccc(C(=O)OCC(=O)N(C)C)cc2NC1=O. The number of likely N-dealkylation sites (N-methyl/N-ethyl adjacent to an activating group) is 1. The van der Waals surface area contributed by atoms with Crippen LogP contribution in [0, 0.1) is 0 Å². The number of thioether (sulfide) groups is 1. The van der Waals surface area contributed by atoms with Crippen LogP contribution in [0.3, 0.4) is 0 Å². The van der Waals surface area contributed by atoms with E-state index in [0.717, 1.165) is 4.90 Å². The van der Waals surface area contributed by atoms with Crippen molar-refractivity contribution in [1.29, 1.82) is 0 Å². The standard InChI is InChI=1S/C14H16N2O4S/c1-8-13(18)15-10-6-9(4-5-11(10)21-8)14(19)20-7-12(17)16(2)3/h4-6,8H,7H2,1-3H3,(H,15,18). The Labute approximate surface area is 126 Å². The molecule has 6 nitrogen and oxygen atoms in total. The van der Waals surface area contributed by atoms with E-state index in [0.29, 0.717) is 11.3 Å². The smallest absolute Gasteiger partial charge is 0.338 e. The van der Waals surface area contributed by atoms with Gasteiger partial charge in [-0.25, -0.2) is 4.79 Å². The normalized spacial score (nSPS) is 16.7. The number of amides is 2. The van der Waals surface area contributed by atoms with Crippen LogP contribution in [0.15, 0.2) is 23.1 Å². The Hall–Kier alpha value is -2.02. The lowest BCUT2D eigenvalue weighted by atomic mass is 10.2. The van der Waals surface area contributed by atoms with Gasteiger partial charge in [0.05, 0.1) is 16.5 Å². The summed E-state index contributed by atoms with van der Waals surface area (Å²) in [7, 11) is 3.17. The lowest BCUT2D eigenvalue weighted by Gasteiger charge is -2.21. The minimum atomic E-state index is -0.592. The minimum absolute atomic E-state index is 0.0965. The fourth-order valence-corrected chi connectivity index (χ4v) is 2.61. The Morgan fingerprint density at radius 1 is 1.38 bits per heavy atom. The number of anilines is 1. The summed E-state index contributed by atoms with van der Waals surface area (Å²) >= 11 is 1.44. The number of hydrogen-bond acceptors (Lipinski definition) is 5. The first kappa shape index (κ1) is 15.4. The minimum Gasteiger partial charge on any atom is -0.452 e. The number of rotatable bonds is 3. The van der Waals surface area contributed by atoms with Gasteiger partial charge < -0.3 is 15.0 Å². The van der Waals surface area contributed by atoms with Crippen LogP contribution in [0.4, 0.5) is 5.69 Å². The zero-order chi connectivity index (χ0) is 15.6. The Morgan fingerprint density at radius 2 is 2.10 bits per heavy atom. The van der Waals surface area contributed by atoms with E-state index >= 15 is 0 Å². The molecule has 1 aliphatic rings. The predicted molar refractivity (Wildman–Crippen MR) is 79.4 cm³/mol. The molecular formula is C14H16N2O4S. The van der Waals surface area contributed by atoms with E-state index in [2.05, 4.69) is 5.32 Å². The largest absolute Gasteiger partial charge is 0.452 e. The van der Waals surface area contributed by atoms with Gasteiger partial charge in [0.25, 0.3) is 5.91 Å². The molecule has 112 valence electrons. The van der Waals surface area contributed by atoms with Crippen molar-refractivity contribution in [2.75, 3.05) is 26.0 Å². The van der Waals surface area contributed by atoms with Gasteiger partial charge in [0.15, 0.2) is 6.61 Å². The van der Waals surface area contributed by atoms with Gasteiger partial charge in [-0.15, -0.1) is 11.8 Å². The van der Waals surface area contributed by atoms with Crippen LogP contribution >= 0.6 is 11.8 Å². The second-order valence-electron chi connectivity index (χ2n) is 4.82. The average Bonchev–Trinajstić information content (AvgIpc) is 2.45. The van der Waals surface area contributed by atoms with E-state index in [1.54, 1.807) is 32.3 Å². The molecule has 0 radical (unpaired) electrons. The van der Waals surface area contributed by atoms with E-state index in [1.165, 1.54) is 16.7 Å². The van der Waals surface area contributed by atoms with Crippen molar-refractivity contribution in [2.24, 2.45) is 0 Å². The second kappa shape index (κ2) is 6.17. The lowest BCUT2D eigenvalue weighted by molar-refractivity contribution is -0.131. The fraction of sp³-hybridized carbons (Fsp3) is 0.357. The number of fused-ring (bicyclic) bond motifs is 1. The number of ether oxygens (including phenoxy) is 1. The number of benzene rings is 1. The third kappa shape index (κ3) is 3.55. The highest BCUT2D eigenvalue weighted by Crippen LogP contribution is 2.35. The van der Waals surface area contributed by atoms with Crippen LogP contribution in [0.5, 0.6) is 0 Å². The maximum atomic E-state index is 11.9. The molecule has 1 aromatic rings. The van der Waals surface area contributed by atoms with E-state index < -0.39 is 5.97 Å². The Morgan fingerprint density at radius 3 is 2.76 bits per heavy atom. The fourth-order valence-electron chi connectivity index (χ4n) is 1.68. The first-order chi connectivity index (χ1) is 9.88. The van der Waals surface area contributed by atoms with Crippen molar-refractivity contribution in [3.8, 4) is 0 Å². The van der Waals surface area contributed by atoms with Gasteiger partial charge in [0.2, 0.25) is 5.91 Å². The number of esters is 1. The molecule has 0 saturated heterocycles. The summed E-state index contributed by atoms with van der Waals surface area (Å²) in [6.45, 7) is 1.51. The molecule has 0 saturated carbocycles. The molecule has 2 amide bonds. The summed E-state index contributed by atoms with van der Waals surface area (Å²) in [5.74, 6) is -0.981. The Balaban J connectivity index is 2.08. The Bertz CT molecular complexity index is 601. The molecule has 1 heterocycles. The van der Waals surface area contributed by atoms with Crippen LogP contribution in [-0.4, -0.2) is 48.6 Å². The summed E-state index contributed by atoms with van der Waals surface area (Å²) in [6.07, 6.45) is 0. The molecule has 1 unspecified atom stereocenters. The van der Waals surface area contributed by atoms with Crippen molar-refractivity contribution in [3.05, 3.63) is 23.8 Å². The van der Waals surface area contributed by atoms with Gasteiger partial charge in [-0.3, -0.25) is 9.59 Å². The van der Waals surface area contributed by atoms with Crippen molar-refractivity contribution in [3.63, 3.8) is 0 Å². The van der Waals surface area contributed by atoms with Crippen LogP contribution < -0.4 is 5.32 Å². The topological polar surface area (TPSA) is 75.7 Å². The van der Waals surface area contributed by atoms with Crippen molar-refractivity contribution < 1.29 is 19.1 Å². The van der Waals surface area contributed by atoms with Crippen LogP contribution in [0.25, 0.3) is 0 Å². The molecular weight excluding hydrogens is 292 g/mol. The van der Waals surface area contributed by atoms with E-state index in [4.69, 9.17) is 4.74 Å². The monoisotopic (exact) mass is 308 g/mol. The zero-order valence-electron chi connectivity index (χ0n) is 12.0. The molecule has 0 bridgehead atoms. The summed E-state index contributed by atoms with van der Waals surface area (Å²) < 4.78 is 4.94. The van der Waals surface area contributed by atoms with Crippen LogP contribution in [0.1, 0.15) is 17.3 Å². The van der Waals surface area contributed by atoms with E-state index in [1.807, 2.05) is 6.92 Å². The summed E-state index contributed by atoms with van der Waals surface area (Å²) in [4.78, 5) is 37.2. The summed E-state index contributed by atoms with van der Waals surface area (Å²) in [6, 6.07) is 4.95. The number of nitrogens with one attached hydrogen (secondary N) is 1. The van der Waals surface area contributed by atoms with E-state index in [9.17, 15) is 14.4 Å². The number of hydrogen-bond donors (Lipinski definition) is 1. The van der Waals surface area contributed by atoms with Gasteiger partial charge in [-0.2, -0.15) is 0 Å². The number of carbonyl (C=O) groups is 3. The summed E-state index contributed by atoms with van der Waals surface area (Å²) in [5, 5.41) is 2.59. The van der Waals surface area contributed by atoms with Crippen LogP contribution in [0.2, 0.25) is 0 Å². The molecule has 21 heavy (non-hydrogen) atoms. The van der Waals surface area contributed by atoms with Gasteiger partial charge >= 0.3 is 5.97 Å². The lowest BCUT2D eigenvalue weighted by Crippen LogP contribution is -2.28. The van der Waals surface area contributed by atoms with Crippen molar-refractivity contribution >= 4 is 35.2 Å². The highest BCUT2D eigenvalue weighted by atomic mass is 32.2. The van der Waals surface area contributed by atoms with Gasteiger partial charge in [-0.1, -0.05) is 0 Å². The van der Waals surface area contributed by atoms with Gasteiger partial charge in [-0.05, 0) is 25.1 Å². The van der Waals surface area contributed by atoms with Gasteiger partial charge in [0, 0.05) is 19.0 Å². The first-order valence-corrected chi connectivity index (χ1v) is 7.25.